The molecule has 2 heterocycles. The van der Waals surface area contributed by atoms with Crippen molar-refractivity contribution < 1.29 is 9.53 Å². The fraction of sp³-hybridized carbons (Fsp3) is 0.615. The van der Waals surface area contributed by atoms with Gasteiger partial charge in [-0.3, -0.25) is 4.79 Å². The second kappa shape index (κ2) is 5.28. The maximum absolute atomic E-state index is 12.0. The Labute approximate surface area is 112 Å². The number of hydrogen-bond acceptors (Lipinski definition) is 5. The minimum Gasteiger partial charge on any atom is -0.397 e. The second-order valence-electron chi connectivity index (χ2n) is 4.98. The number of nitrogens with two attached hydrogens (primary N) is 1. The lowest BCUT2D eigenvalue weighted by Gasteiger charge is -2.15. The Bertz CT molecular complexity index is 442. The standard InChI is InChI=1S/C13H20N2O2S/c1-8(2)12(16)13-10(14)6-11(18-13)15-5-4-9(7-15)17-3/h6,8-9H,4-5,7,14H2,1-3H3. The number of nitrogens with zero attached hydrogens (tertiary/aromatic N) is 1. The van der Waals surface area contributed by atoms with Crippen LogP contribution in [0.4, 0.5) is 10.7 Å². The molecule has 1 aromatic rings. The van der Waals surface area contributed by atoms with Gasteiger partial charge in [0.05, 0.1) is 21.7 Å². The number of anilines is 2. The number of ether oxygens (including phenoxy) is 1. The molecule has 0 aliphatic carbocycles. The van der Waals surface area contributed by atoms with Crippen molar-refractivity contribution in [1.29, 1.82) is 0 Å². The Morgan fingerprint density at radius 2 is 2.33 bits per heavy atom. The Morgan fingerprint density at radius 1 is 1.61 bits per heavy atom. The van der Waals surface area contributed by atoms with Crippen molar-refractivity contribution in [3.63, 3.8) is 0 Å². The molecule has 0 amide bonds. The Kier molecular flexibility index (Phi) is 3.92. The zero-order chi connectivity index (χ0) is 13.3. The van der Waals surface area contributed by atoms with Crippen molar-refractivity contribution in [2.45, 2.75) is 26.4 Å². The summed E-state index contributed by atoms with van der Waals surface area (Å²) < 4.78 is 5.35. The minimum atomic E-state index is -0.0101. The Balaban J connectivity index is 2.17. The van der Waals surface area contributed by atoms with Crippen LogP contribution in [0.15, 0.2) is 6.07 Å². The second-order valence-corrected chi connectivity index (χ2v) is 6.01. The summed E-state index contributed by atoms with van der Waals surface area (Å²) in [5.41, 5.74) is 6.55. The molecule has 1 fully saturated rings. The van der Waals surface area contributed by atoms with E-state index in [1.807, 2.05) is 19.9 Å². The highest BCUT2D eigenvalue weighted by Gasteiger charge is 2.25. The lowest BCUT2D eigenvalue weighted by Crippen LogP contribution is -2.21. The van der Waals surface area contributed by atoms with Gasteiger partial charge in [0, 0.05) is 26.1 Å². The maximum atomic E-state index is 12.0. The number of hydrogen-bond donors (Lipinski definition) is 1. The van der Waals surface area contributed by atoms with Crippen molar-refractivity contribution >= 4 is 27.8 Å². The van der Waals surface area contributed by atoms with E-state index in [4.69, 9.17) is 10.5 Å². The first-order chi connectivity index (χ1) is 8.52. The minimum absolute atomic E-state index is 0.0101. The fourth-order valence-electron chi connectivity index (χ4n) is 2.12. The van der Waals surface area contributed by atoms with E-state index >= 15 is 0 Å². The van der Waals surface area contributed by atoms with Crippen LogP contribution in [0.1, 0.15) is 29.9 Å². The summed E-state index contributed by atoms with van der Waals surface area (Å²) >= 11 is 1.50. The molecule has 0 aromatic carbocycles. The van der Waals surface area contributed by atoms with Gasteiger partial charge >= 0.3 is 0 Å². The molecule has 4 nitrogen and oxygen atoms in total. The number of Topliss-reactive ketones (excluding diaryl/α,β-unsaturated/α-hetero) is 1. The summed E-state index contributed by atoms with van der Waals surface area (Å²) in [4.78, 5) is 14.9. The van der Waals surface area contributed by atoms with Crippen molar-refractivity contribution in [3.8, 4) is 0 Å². The van der Waals surface area contributed by atoms with Crippen LogP contribution in [0.3, 0.4) is 0 Å². The van der Waals surface area contributed by atoms with Crippen LogP contribution >= 0.6 is 11.3 Å². The number of carbonyl (C=O) groups is 1. The van der Waals surface area contributed by atoms with E-state index in [2.05, 4.69) is 4.90 Å². The SMILES string of the molecule is COC1CCN(c2cc(N)c(C(=O)C(C)C)s2)C1. The zero-order valence-electron chi connectivity index (χ0n) is 11.1. The summed E-state index contributed by atoms with van der Waals surface area (Å²) in [5, 5.41) is 1.08. The predicted octanol–water partition coefficient (Wildman–Crippen LogP) is 2.39. The van der Waals surface area contributed by atoms with E-state index in [1.165, 1.54) is 11.3 Å². The highest BCUT2D eigenvalue weighted by Crippen LogP contribution is 2.35. The highest BCUT2D eigenvalue weighted by atomic mass is 32.1. The molecule has 0 spiro atoms. The van der Waals surface area contributed by atoms with Crippen LogP contribution in [-0.4, -0.2) is 32.1 Å². The van der Waals surface area contributed by atoms with Gasteiger partial charge in [-0.05, 0) is 12.5 Å². The lowest BCUT2D eigenvalue weighted by atomic mass is 10.1. The van der Waals surface area contributed by atoms with E-state index in [9.17, 15) is 4.79 Å². The van der Waals surface area contributed by atoms with Gasteiger partial charge in [-0.15, -0.1) is 11.3 Å². The van der Waals surface area contributed by atoms with Crippen LogP contribution in [0.5, 0.6) is 0 Å². The summed E-state index contributed by atoms with van der Waals surface area (Å²) in [6.07, 6.45) is 1.32. The van der Waals surface area contributed by atoms with Crippen LogP contribution < -0.4 is 10.6 Å². The lowest BCUT2D eigenvalue weighted by molar-refractivity contribution is 0.0944. The average molecular weight is 268 g/mol. The van der Waals surface area contributed by atoms with Crippen molar-refractivity contribution in [1.82, 2.24) is 0 Å². The van der Waals surface area contributed by atoms with Gasteiger partial charge in [0.15, 0.2) is 5.78 Å². The average Bonchev–Trinajstić information content (AvgIpc) is 2.93. The van der Waals surface area contributed by atoms with Gasteiger partial charge in [0.25, 0.3) is 0 Å². The number of thiophene rings is 1. The van der Waals surface area contributed by atoms with Crippen LogP contribution in [0.2, 0.25) is 0 Å². The normalized spacial score (nSPS) is 19.8. The number of carbonyl (C=O) groups excluding carboxylic acids is 1. The third-order valence-electron chi connectivity index (χ3n) is 3.29. The highest BCUT2D eigenvalue weighted by molar-refractivity contribution is 7.18. The van der Waals surface area contributed by atoms with E-state index < -0.39 is 0 Å². The maximum Gasteiger partial charge on any atom is 0.177 e. The predicted molar refractivity (Wildman–Crippen MR) is 75.5 cm³/mol. The van der Waals surface area contributed by atoms with E-state index in [1.54, 1.807) is 7.11 Å². The molecule has 0 bridgehead atoms. The molecule has 1 aromatic heterocycles. The summed E-state index contributed by atoms with van der Waals surface area (Å²) in [6.45, 7) is 5.65. The fourth-order valence-corrected chi connectivity index (χ4v) is 3.33. The zero-order valence-corrected chi connectivity index (χ0v) is 11.9. The molecular weight excluding hydrogens is 248 g/mol. The largest absolute Gasteiger partial charge is 0.397 e. The molecule has 1 atom stereocenters. The van der Waals surface area contributed by atoms with E-state index in [-0.39, 0.29) is 17.8 Å². The molecule has 2 N–H and O–H groups in total. The molecule has 0 saturated carbocycles. The van der Waals surface area contributed by atoms with Crippen LogP contribution in [0, 0.1) is 5.92 Å². The molecule has 0 radical (unpaired) electrons. The summed E-state index contributed by atoms with van der Waals surface area (Å²) in [6, 6.07) is 1.92. The van der Waals surface area contributed by atoms with Gasteiger partial charge < -0.3 is 15.4 Å². The quantitative estimate of drug-likeness (QED) is 0.852. The van der Waals surface area contributed by atoms with Gasteiger partial charge in [-0.2, -0.15) is 0 Å². The molecule has 1 unspecified atom stereocenters. The first-order valence-corrected chi connectivity index (χ1v) is 7.05. The first-order valence-electron chi connectivity index (χ1n) is 6.24. The van der Waals surface area contributed by atoms with Crippen molar-refractivity contribution in [2.75, 3.05) is 30.8 Å². The monoisotopic (exact) mass is 268 g/mol. The molecule has 1 saturated heterocycles. The van der Waals surface area contributed by atoms with E-state index in [0.717, 1.165) is 24.5 Å². The molecule has 1 aliphatic heterocycles. The van der Waals surface area contributed by atoms with Crippen molar-refractivity contribution in [3.05, 3.63) is 10.9 Å². The molecule has 5 heteroatoms. The topological polar surface area (TPSA) is 55.6 Å². The van der Waals surface area contributed by atoms with Gasteiger partial charge in [0.2, 0.25) is 0 Å². The third kappa shape index (κ3) is 2.52. The van der Waals surface area contributed by atoms with Crippen LogP contribution in [-0.2, 0) is 4.74 Å². The Morgan fingerprint density at radius 3 is 2.89 bits per heavy atom. The number of methoxy groups -OCH3 is 1. The third-order valence-corrected chi connectivity index (χ3v) is 4.51. The molecule has 1 aliphatic rings. The Hall–Kier alpha value is -1.07. The number of ketones is 1. The smallest absolute Gasteiger partial charge is 0.177 e. The van der Waals surface area contributed by atoms with Crippen LogP contribution in [0.25, 0.3) is 0 Å². The summed E-state index contributed by atoms with van der Waals surface area (Å²) in [5.74, 6) is 0.121. The summed E-state index contributed by atoms with van der Waals surface area (Å²) in [7, 11) is 1.74. The molecule has 18 heavy (non-hydrogen) atoms. The molecule has 100 valence electrons. The molecular formula is C13H20N2O2S. The molecule has 2 rings (SSSR count). The van der Waals surface area contributed by atoms with Gasteiger partial charge in [-0.1, -0.05) is 13.8 Å². The first kappa shape index (κ1) is 13.4. The van der Waals surface area contributed by atoms with Crippen molar-refractivity contribution in [2.24, 2.45) is 5.92 Å². The number of nitrogen functional groups attached to an aromatic ring is 1. The number of rotatable bonds is 4. The van der Waals surface area contributed by atoms with E-state index in [0.29, 0.717) is 10.6 Å². The van der Waals surface area contributed by atoms with Gasteiger partial charge in [-0.25, -0.2) is 0 Å². The van der Waals surface area contributed by atoms with Gasteiger partial charge in [0.1, 0.15) is 0 Å².